The van der Waals surface area contributed by atoms with Crippen LogP contribution < -0.4 is 10.6 Å². The molecule has 0 aliphatic carbocycles. The van der Waals surface area contributed by atoms with Gasteiger partial charge in [0, 0.05) is 12.6 Å². The zero-order valence-corrected chi connectivity index (χ0v) is 11.6. The molecule has 2 aromatic rings. The van der Waals surface area contributed by atoms with E-state index in [1.807, 2.05) is 31.2 Å². The number of amides is 1. The van der Waals surface area contributed by atoms with Crippen LogP contribution in [0.2, 0.25) is 0 Å². The number of nitrogens with one attached hydrogen (secondary N) is 2. The summed E-state index contributed by atoms with van der Waals surface area (Å²) >= 11 is 0. The van der Waals surface area contributed by atoms with E-state index in [9.17, 15) is 13.6 Å². The Morgan fingerprint density at radius 1 is 1.14 bits per heavy atom. The lowest BCUT2D eigenvalue weighted by Gasteiger charge is -2.09. The summed E-state index contributed by atoms with van der Waals surface area (Å²) in [6.45, 7) is 2.59. The van der Waals surface area contributed by atoms with Gasteiger partial charge in [-0.25, -0.2) is 8.78 Å². The van der Waals surface area contributed by atoms with Crippen molar-refractivity contribution in [2.45, 2.75) is 13.5 Å². The first-order chi connectivity index (χ1) is 10.1. The maximum Gasteiger partial charge on any atom is 0.238 e. The van der Waals surface area contributed by atoms with E-state index in [1.165, 1.54) is 6.07 Å². The molecule has 0 aliphatic heterocycles. The van der Waals surface area contributed by atoms with E-state index in [4.69, 9.17) is 0 Å². The van der Waals surface area contributed by atoms with Crippen LogP contribution >= 0.6 is 0 Å². The Balaban J connectivity index is 1.84. The second-order valence-electron chi connectivity index (χ2n) is 4.70. The molecule has 2 aromatic carbocycles. The highest BCUT2D eigenvalue weighted by Gasteiger charge is 2.07. The van der Waals surface area contributed by atoms with Crippen molar-refractivity contribution in [1.82, 2.24) is 5.32 Å². The van der Waals surface area contributed by atoms with E-state index in [-0.39, 0.29) is 18.1 Å². The van der Waals surface area contributed by atoms with Crippen molar-refractivity contribution in [3.63, 3.8) is 0 Å². The minimum absolute atomic E-state index is 0.0286. The maximum atomic E-state index is 13.4. The Morgan fingerprint density at radius 3 is 2.62 bits per heavy atom. The fourth-order valence-electron chi connectivity index (χ4n) is 1.90. The van der Waals surface area contributed by atoms with Crippen LogP contribution in [0.3, 0.4) is 0 Å². The molecule has 0 aromatic heterocycles. The number of carbonyl (C=O) groups excluding carboxylic acids is 1. The summed E-state index contributed by atoms with van der Waals surface area (Å²) in [6, 6.07) is 10.9. The van der Waals surface area contributed by atoms with Crippen molar-refractivity contribution >= 4 is 11.6 Å². The molecule has 0 heterocycles. The topological polar surface area (TPSA) is 41.1 Å². The van der Waals surface area contributed by atoms with E-state index in [0.717, 1.165) is 23.3 Å². The Labute approximate surface area is 122 Å². The normalized spacial score (nSPS) is 10.4. The highest BCUT2D eigenvalue weighted by molar-refractivity contribution is 5.92. The standard InChI is InChI=1S/C16H16F2N2O/c1-11-4-2-3-5-12(11)9-19-10-16(21)20-15-7-6-13(17)8-14(15)18/h2-8,19H,9-10H2,1H3,(H,20,21). The number of anilines is 1. The van der Waals surface area contributed by atoms with Crippen molar-refractivity contribution < 1.29 is 13.6 Å². The number of hydrogen-bond donors (Lipinski definition) is 2. The maximum absolute atomic E-state index is 13.4. The van der Waals surface area contributed by atoms with Gasteiger partial charge in [-0.2, -0.15) is 0 Å². The second-order valence-corrected chi connectivity index (χ2v) is 4.70. The molecule has 0 bridgehead atoms. The fourth-order valence-corrected chi connectivity index (χ4v) is 1.90. The molecule has 110 valence electrons. The molecule has 0 atom stereocenters. The third-order valence-corrected chi connectivity index (χ3v) is 3.07. The average Bonchev–Trinajstić information content (AvgIpc) is 2.44. The van der Waals surface area contributed by atoms with Crippen LogP contribution in [-0.2, 0) is 11.3 Å². The lowest BCUT2D eigenvalue weighted by molar-refractivity contribution is -0.115. The number of halogens is 2. The van der Waals surface area contributed by atoms with Crippen molar-refractivity contribution in [3.05, 3.63) is 65.2 Å². The van der Waals surface area contributed by atoms with Crippen molar-refractivity contribution in [2.24, 2.45) is 0 Å². The Bertz CT molecular complexity index is 644. The van der Waals surface area contributed by atoms with E-state index in [2.05, 4.69) is 10.6 Å². The number of carbonyl (C=O) groups is 1. The van der Waals surface area contributed by atoms with Gasteiger partial charge >= 0.3 is 0 Å². The third kappa shape index (κ3) is 4.36. The van der Waals surface area contributed by atoms with Crippen LogP contribution in [0.4, 0.5) is 14.5 Å². The van der Waals surface area contributed by atoms with Gasteiger partial charge < -0.3 is 10.6 Å². The molecule has 0 fully saturated rings. The molecule has 2 rings (SSSR count). The number of hydrogen-bond acceptors (Lipinski definition) is 2. The van der Waals surface area contributed by atoms with Crippen LogP contribution in [0.5, 0.6) is 0 Å². The first kappa shape index (κ1) is 15.1. The van der Waals surface area contributed by atoms with Gasteiger partial charge in [0.15, 0.2) is 0 Å². The van der Waals surface area contributed by atoms with Gasteiger partial charge in [-0.15, -0.1) is 0 Å². The predicted octanol–water partition coefficient (Wildman–Crippen LogP) is 3.00. The Hall–Kier alpha value is -2.27. The number of benzene rings is 2. The molecular formula is C16H16F2N2O. The molecule has 0 unspecified atom stereocenters. The molecule has 21 heavy (non-hydrogen) atoms. The van der Waals surface area contributed by atoms with Gasteiger partial charge in [-0.1, -0.05) is 24.3 Å². The minimum atomic E-state index is -0.790. The number of rotatable bonds is 5. The molecule has 1 amide bonds. The average molecular weight is 290 g/mol. The van der Waals surface area contributed by atoms with E-state index < -0.39 is 11.6 Å². The SMILES string of the molecule is Cc1ccccc1CNCC(=O)Nc1ccc(F)cc1F. The van der Waals surface area contributed by atoms with Crippen molar-refractivity contribution in [1.29, 1.82) is 0 Å². The summed E-state index contributed by atoms with van der Waals surface area (Å²) in [5.41, 5.74) is 2.20. The lowest BCUT2D eigenvalue weighted by Crippen LogP contribution is -2.28. The zero-order chi connectivity index (χ0) is 15.2. The van der Waals surface area contributed by atoms with Gasteiger partial charge in [-0.3, -0.25) is 4.79 Å². The van der Waals surface area contributed by atoms with Crippen LogP contribution in [0.25, 0.3) is 0 Å². The van der Waals surface area contributed by atoms with Crippen LogP contribution in [0, 0.1) is 18.6 Å². The molecule has 0 aliphatic rings. The summed E-state index contributed by atoms with van der Waals surface area (Å²) in [7, 11) is 0. The summed E-state index contributed by atoms with van der Waals surface area (Å²) in [5, 5.41) is 5.38. The summed E-state index contributed by atoms with van der Waals surface area (Å²) in [6.07, 6.45) is 0. The van der Waals surface area contributed by atoms with Crippen LogP contribution in [0.15, 0.2) is 42.5 Å². The summed E-state index contributed by atoms with van der Waals surface area (Å²) in [4.78, 5) is 11.7. The molecule has 0 saturated carbocycles. The largest absolute Gasteiger partial charge is 0.322 e. The molecule has 0 spiro atoms. The van der Waals surface area contributed by atoms with Gasteiger partial charge in [-0.05, 0) is 30.2 Å². The smallest absolute Gasteiger partial charge is 0.238 e. The summed E-state index contributed by atoms with van der Waals surface area (Å²) < 4.78 is 26.1. The second kappa shape index (κ2) is 6.95. The van der Waals surface area contributed by atoms with Gasteiger partial charge in [0.1, 0.15) is 11.6 Å². The number of aryl methyl sites for hydroxylation is 1. The third-order valence-electron chi connectivity index (χ3n) is 3.07. The molecule has 3 nitrogen and oxygen atoms in total. The van der Waals surface area contributed by atoms with Gasteiger partial charge in [0.2, 0.25) is 5.91 Å². The van der Waals surface area contributed by atoms with Gasteiger partial charge in [0.05, 0.1) is 12.2 Å². The Morgan fingerprint density at radius 2 is 1.90 bits per heavy atom. The minimum Gasteiger partial charge on any atom is -0.322 e. The lowest BCUT2D eigenvalue weighted by atomic mass is 10.1. The zero-order valence-electron chi connectivity index (χ0n) is 11.6. The predicted molar refractivity (Wildman–Crippen MR) is 77.9 cm³/mol. The van der Waals surface area contributed by atoms with Gasteiger partial charge in [0.25, 0.3) is 0 Å². The van der Waals surface area contributed by atoms with E-state index in [0.29, 0.717) is 6.54 Å². The highest BCUT2D eigenvalue weighted by atomic mass is 19.1. The van der Waals surface area contributed by atoms with E-state index in [1.54, 1.807) is 0 Å². The monoisotopic (exact) mass is 290 g/mol. The quantitative estimate of drug-likeness (QED) is 0.889. The fraction of sp³-hybridized carbons (Fsp3) is 0.188. The summed E-state index contributed by atoms with van der Waals surface area (Å²) in [5.74, 6) is -1.85. The first-order valence-electron chi connectivity index (χ1n) is 6.56. The van der Waals surface area contributed by atoms with Crippen molar-refractivity contribution in [2.75, 3.05) is 11.9 Å². The molecule has 5 heteroatoms. The van der Waals surface area contributed by atoms with Crippen molar-refractivity contribution in [3.8, 4) is 0 Å². The van der Waals surface area contributed by atoms with Crippen LogP contribution in [-0.4, -0.2) is 12.5 Å². The van der Waals surface area contributed by atoms with E-state index >= 15 is 0 Å². The molecule has 0 saturated heterocycles. The van der Waals surface area contributed by atoms with Crippen LogP contribution in [0.1, 0.15) is 11.1 Å². The first-order valence-corrected chi connectivity index (χ1v) is 6.56. The molecule has 2 N–H and O–H groups in total. The molecular weight excluding hydrogens is 274 g/mol. The Kier molecular flexibility index (Phi) is 5.00. The molecule has 0 radical (unpaired) electrons. The highest BCUT2D eigenvalue weighted by Crippen LogP contribution is 2.14.